The van der Waals surface area contributed by atoms with E-state index >= 15 is 0 Å². The van der Waals surface area contributed by atoms with Gasteiger partial charge in [0.2, 0.25) is 0 Å². The third-order valence-corrected chi connectivity index (χ3v) is 5.04. The second kappa shape index (κ2) is 6.36. The molecule has 1 amide bonds. The molecule has 0 saturated carbocycles. The predicted octanol–water partition coefficient (Wildman–Crippen LogP) is 2.54. The Morgan fingerprint density at radius 3 is 2.50 bits per heavy atom. The molecule has 1 N–H and O–H groups in total. The summed E-state index contributed by atoms with van der Waals surface area (Å²) in [5.74, 6) is 0.665. The fraction of sp³-hybridized carbons (Fsp3) is 0.941. The SMILES string of the molecule is CC(C)(C)OC(=O)N1CCC(CNC2CC3CCC2O3)CC1. The minimum atomic E-state index is -0.405. The highest BCUT2D eigenvalue weighted by atomic mass is 16.6. The van der Waals surface area contributed by atoms with Crippen molar-refractivity contribution >= 4 is 6.09 Å². The molecule has 0 aromatic rings. The van der Waals surface area contributed by atoms with Crippen LogP contribution in [0.25, 0.3) is 0 Å². The quantitative estimate of drug-likeness (QED) is 0.870. The summed E-state index contributed by atoms with van der Waals surface area (Å²) in [6.45, 7) is 8.43. The molecule has 3 aliphatic rings. The maximum Gasteiger partial charge on any atom is 0.410 e. The van der Waals surface area contributed by atoms with Crippen LogP contribution >= 0.6 is 0 Å². The van der Waals surface area contributed by atoms with E-state index in [2.05, 4.69) is 5.32 Å². The third-order valence-electron chi connectivity index (χ3n) is 5.04. The van der Waals surface area contributed by atoms with Gasteiger partial charge in [-0.1, -0.05) is 0 Å². The minimum Gasteiger partial charge on any atom is -0.444 e. The topological polar surface area (TPSA) is 50.8 Å². The van der Waals surface area contributed by atoms with Crippen LogP contribution in [-0.4, -0.2) is 54.5 Å². The van der Waals surface area contributed by atoms with Gasteiger partial charge in [0.15, 0.2) is 0 Å². The average Bonchev–Trinajstić information content (AvgIpc) is 3.06. The summed E-state index contributed by atoms with van der Waals surface area (Å²) in [7, 11) is 0. The monoisotopic (exact) mass is 310 g/mol. The van der Waals surface area contributed by atoms with Crippen molar-refractivity contribution in [2.75, 3.05) is 19.6 Å². The molecular weight excluding hydrogens is 280 g/mol. The molecule has 0 radical (unpaired) electrons. The number of carbonyl (C=O) groups is 1. The highest BCUT2D eigenvalue weighted by Crippen LogP contribution is 2.34. The predicted molar refractivity (Wildman–Crippen MR) is 84.8 cm³/mol. The van der Waals surface area contributed by atoms with Crippen LogP contribution < -0.4 is 5.32 Å². The minimum absolute atomic E-state index is 0.166. The van der Waals surface area contributed by atoms with E-state index in [0.29, 0.717) is 24.2 Å². The van der Waals surface area contributed by atoms with Gasteiger partial charge in [-0.15, -0.1) is 0 Å². The smallest absolute Gasteiger partial charge is 0.410 e. The second-order valence-corrected chi connectivity index (χ2v) is 8.04. The number of amides is 1. The molecule has 5 nitrogen and oxygen atoms in total. The first-order chi connectivity index (χ1) is 10.4. The van der Waals surface area contributed by atoms with E-state index in [1.165, 1.54) is 19.3 Å². The van der Waals surface area contributed by atoms with E-state index in [1.54, 1.807) is 0 Å². The Bertz CT molecular complexity index is 399. The molecule has 3 fully saturated rings. The zero-order valence-corrected chi connectivity index (χ0v) is 14.1. The molecular formula is C17H30N2O3. The highest BCUT2D eigenvalue weighted by molar-refractivity contribution is 5.68. The Morgan fingerprint density at radius 1 is 1.23 bits per heavy atom. The van der Waals surface area contributed by atoms with Gasteiger partial charge in [0.1, 0.15) is 5.60 Å². The highest BCUT2D eigenvalue weighted by Gasteiger charge is 2.40. The number of piperidine rings is 1. The molecule has 2 bridgehead atoms. The van der Waals surface area contributed by atoms with Crippen molar-refractivity contribution in [2.45, 2.75) is 76.7 Å². The molecule has 3 aliphatic heterocycles. The molecule has 5 heteroatoms. The first-order valence-electron chi connectivity index (χ1n) is 8.77. The van der Waals surface area contributed by atoms with Crippen molar-refractivity contribution in [1.82, 2.24) is 10.2 Å². The number of nitrogens with zero attached hydrogens (tertiary/aromatic N) is 1. The Labute approximate surface area is 133 Å². The molecule has 0 spiro atoms. The number of hydrogen-bond donors (Lipinski definition) is 1. The van der Waals surface area contributed by atoms with E-state index in [4.69, 9.17) is 9.47 Å². The summed E-state index contributed by atoms with van der Waals surface area (Å²) in [4.78, 5) is 13.9. The summed E-state index contributed by atoms with van der Waals surface area (Å²) in [6, 6.07) is 0.558. The summed E-state index contributed by atoms with van der Waals surface area (Å²) < 4.78 is 11.3. The first-order valence-corrected chi connectivity index (χ1v) is 8.77. The number of nitrogens with one attached hydrogen (secondary N) is 1. The molecule has 3 rings (SSSR count). The lowest BCUT2D eigenvalue weighted by molar-refractivity contribution is 0.0182. The van der Waals surface area contributed by atoms with Gasteiger partial charge in [-0.2, -0.15) is 0 Å². The van der Waals surface area contributed by atoms with Crippen LogP contribution in [0, 0.1) is 5.92 Å². The molecule has 126 valence electrons. The van der Waals surface area contributed by atoms with Crippen molar-refractivity contribution in [3.8, 4) is 0 Å². The summed E-state index contributed by atoms with van der Waals surface area (Å²) in [5.41, 5.74) is -0.405. The van der Waals surface area contributed by atoms with Crippen LogP contribution in [0.15, 0.2) is 0 Å². The van der Waals surface area contributed by atoms with Crippen LogP contribution in [0.2, 0.25) is 0 Å². The van der Waals surface area contributed by atoms with Crippen LogP contribution in [0.5, 0.6) is 0 Å². The van der Waals surface area contributed by atoms with E-state index in [1.807, 2.05) is 25.7 Å². The van der Waals surface area contributed by atoms with Gasteiger partial charge >= 0.3 is 6.09 Å². The zero-order valence-electron chi connectivity index (χ0n) is 14.1. The average molecular weight is 310 g/mol. The molecule has 3 saturated heterocycles. The molecule has 0 aromatic carbocycles. The Morgan fingerprint density at radius 2 is 1.95 bits per heavy atom. The van der Waals surface area contributed by atoms with Gasteiger partial charge in [-0.25, -0.2) is 4.79 Å². The zero-order chi connectivity index (χ0) is 15.7. The van der Waals surface area contributed by atoms with Gasteiger partial charge in [-0.3, -0.25) is 0 Å². The molecule has 0 aliphatic carbocycles. The number of rotatable bonds is 3. The fourth-order valence-electron chi connectivity index (χ4n) is 3.82. The molecule has 3 atom stereocenters. The maximum atomic E-state index is 12.0. The number of ether oxygens (including phenoxy) is 2. The number of fused-ring (bicyclic) bond motifs is 2. The van der Waals surface area contributed by atoms with Gasteiger partial charge in [0.25, 0.3) is 0 Å². The van der Waals surface area contributed by atoms with Crippen molar-refractivity contribution in [1.29, 1.82) is 0 Å². The van der Waals surface area contributed by atoms with Crippen LogP contribution in [0.1, 0.15) is 52.9 Å². The van der Waals surface area contributed by atoms with Crippen LogP contribution in [0.3, 0.4) is 0 Å². The summed E-state index contributed by atoms with van der Waals surface area (Å²) >= 11 is 0. The second-order valence-electron chi connectivity index (χ2n) is 8.04. The van der Waals surface area contributed by atoms with E-state index in [-0.39, 0.29) is 6.09 Å². The normalized spacial score (nSPS) is 32.5. The lowest BCUT2D eigenvalue weighted by Crippen LogP contribution is -2.45. The Kier molecular flexibility index (Phi) is 4.64. The molecule has 3 unspecified atom stereocenters. The summed E-state index contributed by atoms with van der Waals surface area (Å²) in [6.07, 6.45) is 6.57. The van der Waals surface area contributed by atoms with Crippen LogP contribution in [-0.2, 0) is 9.47 Å². The van der Waals surface area contributed by atoms with Gasteiger partial charge in [-0.05, 0) is 65.3 Å². The molecule has 3 heterocycles. The van der Waals surface area contributed by atoms with Gasteiger partial charge in [0.05, 0.1) is 12.2 Å². The van der Waals surface area contributed by atoms with E-state index in [0.717, 1.165) is 32.5 Å². The maximum absolute atomic E-state index is 12.0. The molecule has 22 heavy (non-hydrogen) atoms. The van der Waals surface area contributed by atoms with Crippen LogP contribution in [0.4, 0.5) is 4.79 Å². The largest absolute Gasteiger partial charge is 0.444 e. The fourth-order valence-corrected chi connectivity index (χ4v) is 3.82. The Hall–Kier alpha value is -0.810. The third kappa shape index (κ3) is 3.93. The van der Waals surface area contributed by atoms with Crippen molar-refractivity contribution in [3.05, 3.63) is 0 Å². The number of likely N-dealkylation sites (tertiary alicyclic amines) is 1. The lowest BCUT2D eigenvalue weighted by Gasteiger charge is -2.34. The first kappa shape index (κ1) is 16.1. The Balaban J connectivity index is 1.36. The summed E-state index contributed by atoms with van der Waals surface area (Å²) in [5, 5.41) is 3.71. The van der Waals surface area contributed by atoms with Gasteiger partial charge in [0, 0.05) is 19.1 Å². The van der Waals surface area contributed by atoms with E-state index in [9.17, 15) is 4.79 Å². The van der Waals surface area contributed by atoms with Crippen molar-refractivity contribution in [2.24, 2.45) is 5.92 Å². The molecule has 0 aromatic heterocycles. The number of hydrogen-bond acceptors (Lipinski definition) is 4. The number of carbonyl (C=O) groups excluding carboxylic acids is 1. The van der Waals surface area contributed by atoms with Gasteiger partial charge < -0.3 is 19.7 Å². The lowest BCUT2D eigenvalue weighted by atomic mass is 9.93. The van der Waals surface area contributed by atoms with Crippen molar-refractivity contribution < 1.29 is 14.3 Å². The van der Waals surface area contributed by atoms with E-state index < -0.39 is 5.60 Å². The van der Waals surface area contributed by atoms with Crippen molar-refractivity contribution in [3.63, 3.8) is 0 Å². The standard InChI is InChI=1S/C17H30N2O3/c1-17(2,3)22-16(20)19-8-6-12(7-9-19)11-18-14-10-13-4-5-15(14)21-13/h12-15,18H,4-11H2,1-3H3.